The van der Waals surface area contributed by atoms with E-state index in [0.717, 1.165) is 0 Å². The summed E-state index contributed by atoms with van der Waals surface area (Å²) in [6.07, 6.45) is 0. The van der Waals surface area contributed by atoms with Crippen LogP contribution in [-0.2, 0) is 5.88 Å². The van der Waals surface area contributed by atoms with Crippen LogP contribution in [0.15, 0.2) is 42.5 Å². The van der Waals surface area contributed by atoms with Gasteiger partial charge in [-0.05, 0) is 29.8 Å². The van der Waals surface area contributed by atoms with Gasteiger partial charge in [-0.15, -0.1) is 11.6 Å². The normalized spacial score (nSPS) is 10.4. The van der Waals surface area contributed by atoms with E-state index < -0.39 is 11.6 Å². The summed E-state index contributed by atoms with van der Waals surface area (Å²) in [6.45, 7) is 0. The molecule has 0 atom stereocenters. The molecule has 94 valence electrons. The highest BCUT2D eigenvalue weighted by atomic mass is 35.5. The fourth-order valence-corrected chi connectivity index (χ4v) is 1.95. The number of anilines is 2. The van der Waals surface area contributed by atoms with E-state index in [1.807, 2.05) is 18.2 Å². The van der Waals surface area contributed by atoms with Gasteiger partial charge in [-0.1, -0.05) is 18.2 Å². The molecule has 0 heterocycles. The molecule has 0 aromatic heterocycles. The summed E-state index contributed by atoms with van der Waals surface area (Å²) >= 11 is 5.57. The minimum absolute atomic E-state index is 0.0740. The predicted octanol–water partition coefficient (Wildman–Crippen LogP) is 4.47. The highest BCUT2D eigenvalue weighted by molar-refractivity contribution is 6.17. The maximum Gasteiger partial charge on any atom is 0.150 e. The van der Waals surface area contributed by atoms with Crippen LogP contribution in [0, 0.1) is 11.6 Å². The monoisotopic (exact) mass is 267 g/mol. The van der Waals surface area contributed by atoms with Gasteiger partial charge in [0.15, 0.2) is 0 Å². The summed E-state index contributed by atoms with van der Waals surface area (Å²) in [4.78, 5) is 1.47. The number of rotatable bonds is 3. The largest absolute Gasteiger partial charge is 0.340 e. The van der Waals surface area contributed by atoms with Crippen molar-refractivity contribution in [2.75, 3.05) is 11.9 Å². The second-order valence-electron chi connectivity index (χ2n) is 3.94. The number of alkyl halides is 1. The van der Waals surface area contributed by atoms with E-state index in [2.05, 4.69) is 0 Å². The standard InChI is InChI=1S/C14H12ClF2N/c1-18(11-5-3-2-4-6-11)14-12(16)7-10(9-15)8-13(14)17/h2-8H,9H2,1H3. The van der Waals surface area contributed by atoms with Crippen LogP contribution in [0.4, 0.5) is 20.2 Å². The summed E-state index contributed by atoms with van der Waals surface area (Å²) in [5.74, 6) is -1.14. The molecule has 0 bridgehead atoms. The summed E-state index contributed by atoms with van der Waals surface area (Å²) in [7, 11) is 1.62. The summed E-state index contributed by atoms with van der Waals surface area (Å²) in [5, 5.41) is 0. The van der Waals surface area contributed by atoms with E-state index in [1.54, 1.807) is 19.2 Å². The lowest BCUT2D eigenvalue weighted by Crippen LogP contribution is -2.13. The number of hydrogen-bond acceptors (Lipinski definition) is 1. The molecule has 0 saturated carbocycles. The molecule has 0 spiro atoms. The second kappa shape index (κ2) is 5.36. The molecular formula is C14H12ClF2N. The lowest BCUT2D eigenvalue weighted by Gasteiger charge is -2.21. The quantitative estimate of drug-likeness (QED) is 0.742. The van der Waals surface area contributed by atoms with Crippen LogP contribution < -0.4 is 4.90 Å². The molecule has 0 unspecified atom stereocenters. The van der Waals surface area contributed by atoms with Crippen LogP contribution in [0.2, 0.25) is 0 Å². The highest BCUT2D eigenvalue weighted by Crippen LogP contribution is 2.30. The third-order valence-electron chi connectivity index (χ3n) is 2.71. The smallest absolute Gasteiger partial charge is 0.150 e. The first-order valence-electron chi connectivity index (χ1n) is 5.46. The van der Waals surface area contributed by atoms with E-state index in [0.29, 0.717) is 11.3 Å². The average Bonchev–Trinajstić information content (AvgIpc) is 2.38. The van der Waals surface area contributed by atoms with Crippen LogP contribution >= 0.6 is 11.6 Å². The fourth-order valence-electron chi connectivity index (χ4n) is 1.80. The van der Waals surface area contributed by atoms with E-state index >= 15 is 0 Å². The van der Waals surface area contributed by atoms with Crippen molar-refractivity contribution >= 4 is 23.0 Å². The first-order chi connectivity index (χ1) is 8.63. The molecule has 0 amide bonds. The molecule has 1 nitrogen and oxygen atoms in total. The minimum atomic E-state index is -0.614. The van der Waals surface area contributed by atoms with Gasteiger partial charge in [-0.3, -0.25) is 0 Å². The van der Waals surface area contributed by atoms with Crippen molar-refractivity contribution in [2.24, 2.45) is 0 Å². The Bertz CT molecular complexity index is 520. The van der Waals surface area contributed by atoms with Gasteiger partial charge < -0.3 is 4.90 Å². The minimum Gasteiger partial charge on any atom is -0.340 e. The predicted molar refractivity (Wildman–Crippen MR) is 70.4 cm³/mol. The molecule has 0 N–H and O–H groups in total. The molecule has 0 fully saturated rings. The Balaban J connectivity index is 2.45. The van der Waals surface area contributed by atoms with Gasteiger partial charge in [0.25, 0.3) is 0 Å². The fraction of sp³-hybridized carbons (Fsp3) is 0.143. The van der Waals surface area contributed by atoms with Crippen LogP contribution in [0.5, 0.6) is 0 Å². The maximum absolute atomic E-state index is 13.9. The Morgan fingerprint density at radius 2 is 1.61 bits per heavy atom. The second-order valence-corrected chi connectivity index (χ2v) is 4.20. The van der Waals surface area contributed by atoms with E-state index in [4.69, 9.17) is 11.6 Å². The van der Waals surface area contributed by atoms with Crippen molar-refractivity contribution < 1.29 is 8.78 Å². The highest BCUT2D eigenvalue weighted by Gasteiger charge is 2.16. The molecule has 0 aliphatic rings. The molecule has 4 heteroatoms. The first-order valence-corrected chi connectivity index (χ1v) is 5.99. The number of nitrogens with zero attached hydrogens (tertiary/aromatic N) is 1. The number of para-hydroxylation sites is 1. The van der Waals surface area contributed by atoms with Gasteiger partial charge in [0, 0.05) is 18.6 Å². The lowest BCUT2D eigenvalue weighted by molar-refractivity contribution is 0.582. The van der Waals surface area contributed by atoms with Crippen molar-refractivity contribution in [1.29, 1.82) is 0 Å². The van der Waals surface area contributed by atoms with Crippen LogP contribution in [0.25, 0.3) is 0 Å². The average molecular weight is 268 g/mol. The molecule has 2 aromatic rings. The molecule has 0 aliphatic carbocycles. The van der Waals surface area contributed by atoms with E-state index in [9.17, 15) is 8.78 Å². The first kappa shape index (κ1) is 12.8. The Morgan fingerprint density at radius 1 is 1.06 bits per heavy atom. The van der Waals surface area contributed by atoms with Crippen molar-refractivity contribution in [3.63, 3.8) is 0 Å². The topological polar surface area (TPSA) is 3.24 Å². The third kappa shape index (κ3) is 2.46. The van der Waals surface area contributed by atoms with Gasteiger partial charge in [-0.25, -0.2) is 8.78 Å². The van der Waals surface area contributed by atoms with Crippen LogP contribution in [0.1, 0.15) is 5.56 Å². The van der Waals surface area contributed by atoms with Crippen molar-refractivity contribution in [1.82, 2.24) is 0 Å². The zero-order valence-corrected chi connectivity index (χ0v) is 10.6. The Kier molecular flexibility index (Phi) is 3.82. The Morgan fingerprint density at radius 3 is 2.11 bits per heavy atom. The van der Waals surface area contributed by atoms with E-state index in [-0.39, 0.29) is 11.6 Å². The molecule has 0 aliphatic heterocycles. The molecule has 0 saturated heterocycles. The molecule has 18 heavy (non-hydrogen) atoms. The van der Waals surface area contributed by atoms with Gasteiger partial charge in [0.2, 0.25) is 0 Å². The summed E-state index contributed by atoms with van der Waals surface area (Å²) < 4.78 is 27.8. The van der Waals surface area contributed by atoms with Crippen LogP contribution in [-0.4, -0.2) is 7.05 Å². The zero-order chi connectivity index (χ0) is 13.1. The maximum atomic E-state index is 13.9. The SMILES string of the molecule is CN(c1ccccc1)c1c(F)cc(CCl)cc1F. The Hall–Kier alpha value is -1.61. The van der Waals surface area contributed by atoms with Gasteiger partial charge in [0.05, 0.1) is 0 Å². The number of hydrogen-bond donors (Lipinski definition) is 0. The molecule has 0 radical (unpaired) electrons. The number of benzene rings is 2. The summed E-state index contributed by atoms with van der Waals surface area (Å²) in [6, 6.07) is 11.6. The van der Waals surface area contributed by atoms with Crippen molar-refractivity contribution in [3.05, 3.63) is 59.7 Å². The summed E-state index contributed by atoms with van der Waals surface area (Å²) in [5.41, 5.74) is 1.07. The van der Waals surface area contributed by atoms with Gasteiger partial charge in [-0.2, -0.15) is 0 Å². The van der Waals surface area contributed by atoms with Gasteiger partial charge in [0.1, 0.15) is 17.3 Å². The molecular weight excluding hydrogens is 256 g/mol. The van der Waals surface area contributed by atoms with Crippen molar-refractivity contribution in [2.45, 2.75) is 5.88 Å². The lowest BCUT2D eigenvalue weighted by atomic mass is 10.2. The zero-order valence-electron chi connectivity index (χ0n) is 9.83. The third-order valence-corrected chi connectivity index (χ3v) is 3.02. The Labute approximate surface area is 110 Å². The number of halogens is 3. The molecule has 2 aromatic carbocycles. The van der Waals surface area contributed by atoms with Crippen molar-refractivity contribution in [3.8, 4) is 0 Å². The van der Waals surface area contributed by atoms with E-state index in [1.165, 1.54) is 17.0 Å². The van der Waals surface area contributed by atoms with Gasteiger partial charge >= 0.3 is 0 Å². The van der Waals surface area contributed by atoms with Crippen LogP contribution in [0.3, 0.4) is 0 Å². The molecule has 2 rings (SSSR count).